The fraction of sp³-hybridized carbons (Fsp3) is 0.688. The maximum absolute atomic E-state index is 11.1. The molecule has 1 rings (SSSR count). The number of ether oxygens (including phenoxy) is 5. The van der Waals surface area contributed by atoms with Gasteiger partial charge in [-0.3, -0.25) is 0 Å². The van der Waals surface area contributed by atoms with Crippen LogP contribution >= 0.6 is 0 Å². The Morgan fingerprint density at radius 3 is 1.84 bits per heavy atom. The summed E-state index contributed by atoms with van der Waals surface area (Å²) in [5.41, 5.74) is 0. The summed E-state index contributed by atoms with van der Waals surface area (Å²) < 4.78 is 22.9. The van der Waals surface area contributed by atoms with Crippen LogP contribution in [0, 0.1) is 5.92 Å². The van der Waals surface area contributed by atoms with Crippen LogP contribution in [-0.2, 0) is 33.3 Å². The average Bonchev–Trinajstić information content (AvgIpc) is 3.26. The fourth-order valence-electron chi connectivity index (χ4n) is 0.762. The highest BCUT2D eigenvalue weighted by molar-refractivity contribution is 5.60. The zero-order chi connectivity index (χ0) is 18.3. The topological polar surface area (TPSA) is 118 Å². The molecule has 0 aromatic rings. The Morgan fingerprint density at radius 1 is 1.12 bits per heavy atom. The summed E-state index contributed by atoms with van der Waals surface area (Å²) >= 11 is 0. The number of epoxide rings is 1. The van der Waals surface area contributed by atoms with E-state index in [1.165, 1.54) is 7.11 Å². The van der Waals surface area contributed by atoms with E-state index in [9.17, 15) is 9.59 Å². The van der Waals surface area contributed by atoms with Gasteiger partial charge < -0.3 is 23.7 Å². The van der Waals surface area contributed by atoms with E-state index in [-0.39, 0.29) is 33.5 Å². The first-order chi connectivity index (χ1) is 10.8. The molecule has 0 aromatic heterocycles. The molecule has 9 nitrogen and oxygen atoms in total. The van der Waals surface area contributed by atoms with Crippen molar-refractivity contribution >= 4 is 18.5 Å². The lowest BCUT2D eigenvalue weighted by Gasteiger charge is -2.13. The van der Waals surface area contributed by atoms with Gasteiger partial charge in [0, 0.05) is 0 Å². The minimum atomic E-state index is -0.814. The van der Waals surface area contributed by atoms with E-state index >= 15 is 0 Å². The van der Waals surface area contributed by atoms with E-state index in [1.807, 2.05) is 13.8 Å². The molecular formula is C16H30O9. The van der Waals surface area contributed by atoms with Gasteiger partial charge in [0.2, 0.25) is 0 Å². The van der Waals surface area contributed by atoms with E-state index in [0.29, 0.717) is 6.61 Å². The lowest BCUT2D eigenvalue weighted by Crippen LogP contribution is -2.23. The molecule has 1 unspecified atom stereocenters. The highest BCUT2D eigenvalue weighted by atomic mass is 16.7. The number of rotatable bonds is 5. The third kappa shape index (κ3) is 30.0. The van der Waals surface area contributed by atoms with Crippen LogP contribution in [0.4, 0.5) is 9.59 Å². The monoisotopic (exact) mass is 366 g/mol. The Hall–Kier alpha value is -2.54. The third-order valence-corrected chi connectivity index (χ3v) is 1.78. The molecule has 148 valence electrons. The molecule has 9 heteroatoms. The van der Waals surface area contributed by atoms with Gasteiger partial charge in [-0.25, -0.2) is 9.59 Å². The lowest BCUT2D eigenvalue weighted by atomic mass is 10.2. The van der Waals surface area contributed by atoms with Crippen LogP contribution in [0.25, 0.3) is 0 Å². The predicted molar refractivity (Wildman–Crippen MR) is 88.7 cm³/mol. The highest BCUT2D eigenvalue weighted by Gasteiger charge is 2.13. The maximum atomic E-state index is 11.1. The molecular weight excluding hydrogens is 336 g/mol. The van der Waals surface area contributed by atoms with Crippen molar-refractivity contribution in [1.82, 2.24) is 0 Å². The molecule has 0 spiro atoms. The van der Waals surface area contributed by atoms with Gasteiger partial charge in [0.1, 0.15) is 25.1 Å². The summed E-state index contributed by atoms with van der Waals surface area (Å²) in [6.07, 6.45) is -1.90. The van der Waals surface area contributed by atoms with Gasteiger partial charge in [-0.2, -0.15) is 9.59 Å². The molecule has 25 heavy (non-hydrogen) atoms. The molecule has 1 saturated heterocycles. The van der Waals surface area contributed by atoms with Crippen molar-refractivity contribution in [3.8, 4) is 0 Å². The number of hydrogen-bond acceptors (Lipinski definition) is 9. The molecule has 1 aliphatic heterocycles. The first-order valence-electron chi connectivity index (χ1n) is 6.60. The highest BCUT2D eigenvalue weighted by Crippen LogP contribution is 2.07. The Bertz CT molecular complexity index is 392. The van der Waals surface area contributed by atoms with Crippen LogP contribution in [-0.4, -0.2) is 51.5 Å². The van der Waals surface area contributed by atoms with Crippen LogP contribution in [0.15, 0.2) is 12.3 Å². The Labute approximate surface area is 149 Å². The number of methoxy groups -OCH3 is 1. The molecule has 0 amide bonds. The van der Waals surface area contributed by atoms with E-state index in [2.05, 4.69) is 20.8 Å². The van der Waals surface area contributed by atoms with E-state index in [0.717, 1.165) is 12.4 Å². The molecule has 0 aromatic carbocycles. The van der Waals surface area contributed by atoms with Crippen LogP contribution < -0.4 is 0 Å². The fourth-order valence-corrected chi connectivity index (χ4v) is 0.762. The maximum Gasteiger partial charge on any atom is 0.508 e. The lowest BCUT2D eigenvalue weighted by molar-refractivity contribution is -0.191. The number of hydrogen-bond donors (Lipinski definition) is 0. The van der Waals surface area contributed by atoms with Gasteiger partial charge >= 0.3 is 18.5 Å². The second kappa shape index (κ2) is 19.5. The standard InChI is InChI=1S/C10H18O6.C3H4O.CO2.2CH4/c1-7(2)5-14-10(12)16-8(3)6-15-9(11)13-4;1-3-2-4-3;2-1-3;;/h7-8H,5-6H2,1-4H3;1-2H2;;2*1H4. The SMILES string of the molecule is C.C.C=C1CO1.COC(=O)OCC(C)OC(=O)OCC(C)C.O=C=O. The summed E-state index contributed by atoms with van der Waals surface area (Å²) in [4.78, 5) is 37.9. The molecule has 0 bridgehead atoms. The largest absolute Gasteiger partial charge is 0.508 e. The second-order valence-electron chi connectivity index (χ2n) is 4.56. The number of carbonyl (C=O) groups is 2. The molecule has 1 aliphatic rings. The first kappa shape index (κ1) is 30.4. The summed E-state index contributed by atoms with van der Waals surface area (Å²) in [6.45, 7) is 9.88. The Morgan fingerprint density at radius 2 is 1.52 bits per heavy atom. The Balaban J connectivity index is -0.000000205. The van der Waals surface area contributed by atoms with Crippen molar-refractivity contribution in [2.75, 3.05) is 26.9 Å². The van der Waals surface area contributed by atoms with Crippen molar-refractivity contribution in [2.45, 2.75) is 41.7 Å². The Kier molecular flexibility index (Phi) is 23.7. The van der Waals surface area contributed by atoms with E-state index in [1.54, 1.807) is 6.92 Å². The molecule has 1 atom stereocenters. The van der Waals surface area contributed by atoms with Crippen molar-refractivity contribution in [3.05, 3.63) is 12.3 Å². The summed E-state index contributed by atoms with van der Waals surface area (Å²) in [7, 11) is 1.20. The van der Waals surface area contributed by atoms with E-state index in [4.69, 9.17) is 19.1 Å². The van der Waals surface area contributed by atoms with Crippen LogP contribution in [0.5, 0.6) is 0 Å². The van der Waals surface area contributed by atoms with Crippen LogP contribution in [0.2, 0.25) is 0 Å². The van der Waals surface area contributed by atoms with Crippen LogP contribution in [0.3, 0.4) is 0 Å². The van der Waals surface area contributed by atoms with Crippen molar-refractivity contribution in [1.29, 1.82) is 0 Å². The smallest absolute Gasteiger partial charge is 0.487 e. The quantitative estimate of drug-likeness (QED) is 0.534. The predicted octanol–water partition coefficient (Wildman–Crippen LogP) is 3.19. The second-order valence-corrected chi connectivity index (χ2v) is 4.56. The van der Waals surface area contributed by atoms with Gasteiger partial charge in [0.25, 0.3) is 0 Å². The minimum Gasteiger partial charge on any atom is -0.487 e. The van der Waals surface area contributed by atoms with Crippen LogP contribution in [0.1, 0.15) is 35.6 Å². The summed E-state index contributed by atoms with van der Waals surface area (Å²) in [5.74, 6) is 1.16. The van der Waals surface area contributed by atoms with Gasteiger partial charge in [-0.15, -0.1) is 0 Å². The normalized spacial score (nSPS) is 11.0. The van der Waals surface area contributed by atoms with Gasteiger partial charge in [-0.1, -0.05) is 35.3 Å². The van der Waals surface area contributed by atoms with Gasteiger partial charge in [0.15, 0.2) is 0 Å². The van der Waals surface area contributed by atoms with Gasteiger partial charge in [-0.05, 0) is 12.8 Å². The van der Waals surface area contributed by atoms with Crippen molar-refractivity contribution < 1.29 is 42.9 Å². The summed E-state index contributed by atoms with van der Waals surface area (Å²) in [5, 5.41) is 0. The zero-order valence-corrected chi connectivity index (χ0v) is 13.7. The minimum absolute atomic E-state index is 0. The molecule has 0 aliphatic carbocycles. The van der Waals surface area contributed by atoms with E-state index < -0.39 is 18.4 Å². The van der Waals surface area contributed by atoms with Crippen molar-refractivity contribution in [2.24, 2.45) is 5.92 Å². The molecule has 0 radical (unpaired) electrons. The van der Waals surface area contributed by atoms with Gasteiger partial charge in [0.05, 0.1) is 13.7 Å². The third-order valence-electron chi connectivity index (χ3n) is 1.78. The molecule has 0 saturated carbocycles. The van der Waals surface area contributed by atoms with Crippen molar-refractivity contribution in [3.63, 3.8) is 0 Å². The molecule has 0 N–H and O–H groups in total. The first-order valence-corrected chi connectivity index (χ1v) is 6.60. The molecule has 1 heterocycles. The average molecular weight is 366 g/mol. The summed E-state index contributed by atoms with van der Waals surface area (Å²) in [6, 6.07) is 0. The number of carbonyl (C=O) groups excluding carboxylic acids is 4. The molecule has 1 fully saturated rings. The zero-order valence-electron chi connectivity index (χ0n) is 13.7.